The van der Waals surface area contributed by atoms with Crippen molar-refractivity contribution in [1.29, 1.82) is 0 Å². The summed E-state index contributed by atoms with van der Waals surface area (Å²) >= 11 is 5.73. The van der Waals surface area contributed by atoms with Gasteiger partial charge in [0, 0.05) is 11.1 Å². The molecule has 132 valence electrons. The van der Waals surface area contributed by atoms with E-state index in [4.69, 9.17) is 16.3 Å². The molecular formula is C19H20ClFN2O2. The highest BCUT2D eigenvalue weighted by atomic mass is 35.5. The number of ether oxygens (including phenoxy) is 1. The maximum Gasteiger partial charge on any atom is 0.238 e. The molecule has 2 aromatic carbocycles. The molecule has 0 bridgehead atoms. The molecule has 1 amide bonds. The topological polar surface area (TPSA) is 41.6 Å². The Labute approximate surface area is 151 Å². The Balaban J connectivity index is 1.67. The third-order valence-corrected chi connectivity index (χ3v) is 4.63. The quantitative estimate of drug-likeness (QED) is 0.863. The fourth-order valence-electron chi connectivity index (χ4n) is 3.21. The molecule has 1 saturated heterocycles. The summed E-state index contributed by atoms with van der Waals surface area (Å²) in [6.45, 7) is 1.04. The fourth-order valence-corrected chi connectivity index (χ4v) is 3.37. The molecule has 1 aliphatic rings. The number of carbonyl (C=O) groups excluding carboxylic acids is 1. The van der Waals surface area contributed by atoms with Crippen LogP contribution in [0.25, 0.3) is 0 Å². The Morgan fingerprint density at radius 2 is 2.20 bits per heavy atom. The van der Waals surface area contributed by atoms with E-state index in [2.05, 4.69) is 10.2 Å². The summed E-state index contributed by atoms with van der Waals surface area (Å²) in [6, 6.07) is 12.3. The number of hydrogen-bond acceptors (Lipinski definition) is 3. The third-order valence-electron chi connectivity index (χ3n) is 4.39. The number of amides is 1. The van der Waals surface area contributed by atoms with E-state index < -0.39 is 5.82 Å². The van der Waals surface area contributed by atoms with Crippen molar-refractivity contribution >= 4 is 23.2 Å². The minimum Gasteiger partial charge on any atom is -0.497 e. The van der Waals surface area contributed by atoms with Crippen LogP contribution >= 0.6 is 11.6 Å². The van der Waals surface area contributed by atoms with Crippen LogP contribution in [0.1, 0.15) is 24.4 Å². The minimum absolute atomic E-state index is 0.145. The molecule has 1 heterocycles. The summed E-state index contributed by atoms with van der Waals surface area (Å²) < 4.78 is 19.1. The van der Waals surface area contributed by atoms with Gasteiger partial charge in [0.15, 0.2) is 0 Å². The molecule has 0 saturated carbocycles. The van der Waals surface area contributed by atoms with Crippen molar-refractivity contribution in [1.82, 2.24) is 4.90 Å². The monoisotopic (exact) mass is 362 g/mol. The van der Waals surface area contributed by atoms with Crippen LogP contribution in [0.5, 0.6) is 5.75 Å². The Morgan fingerprint density at radius 3 is 2.96 bits per heavy atom. The van der Waals surface area contributed by atoms with Crippen molar-refractivity contribution in [2.24, 2.45) is 0 Å². The van der Waals surface area contributed by atoms with Crippen molar-refractivity contribution in [3.05, 3.63) is 58.9 Å². The van der Waals surface area contributed by atoms with Gasteiger partial charge in [0.05, 0.1) is 19.3 Å². The highest BCUT2D eigenvalue weighted by Crippen LogP contribution is 2.33. The first-order chi connectivity index (χ1) is 12.1. The average Bonchev–Trinajstić information content (AvgIpc) is 3.05. The lowest BCUT2D eigenvalue weighted by Gasteiger charge is -2.24. The second-order valence-electron chi connectivity index (χ2n) is 6.08. The van der Waals surface area contributed by atoms with Crippen LogP contribution < -0.4 is 10.1 Å². The number of carbonyl (C=O) groups is 1. The summed E-state index contributed by atoms with van der Waals surface area (Å²) in [6.07, 6.45) is 2.00. The smallest absolute Gasteiger partial charge is 0.238 e. The highest BCUT2D eigenvalue weighted by Gasteiger charge is 2.28. The summed E-state index contributed by atoms with van der Waals surface area (Å²) in [5, 5.41) is 2.92. The second kappa shape index (κ2) is 7.85. The predicted molar refractivity (Wildman–Crippen MR) is 96.6 cm³/mol. The first kappa shape index (κ1) is 17.7. The van der Waals surface area contributed by atoms with E-state index in [-0.39, 0.29) is 24.2 Å². The van der Waals surface area contributed by atoms with Gasteiger partial charge in [-0.2, -0.15) is 0 Å². The normalized spacial score (nSPS) is 17.5. The maximum atomic E-state index is 13.8. The Kier molecular flexibility index (Phi) is 5.56. The molecule has 6 heteroatoms. The Hall–Kier alpha value is -2.11. The zero-order valence-corrected chi connectivity index (χ0v) is 14.7. The summed E-state index contributed by atoms with van der Waals surface area (Å²) in [7, 11) is 1.64. The van der Waals surface area contributed by atoms with Gasteiger partial charge < -0.3 is 10.1 Å². The number of benzene rings is 2. The van der Waals surface area contributed by atoms with Gasteiger partial charge in [0.2, 0.25) is 5.91 Å². The molecule has 1 atom stereocenters. The number of nitrogens with zero attached hydrogens (tertiary/aromatic N) is 1. The lowest BCUT2D eigenvalue weighted by molar-refractivity contribution is -0.117. The van der Waals surface area contributed by atoms with Gasteiger partial charge in [-0.25, -0.2) is 4.39 Å². The van der Waals surface area contributed by atoms with E-state index in [0.717, 1.165) is 30.7 Å². The highest BCUT2D eigenvalue weighted by molar-refractivity contribution is 6.30. The van der Waals surface area contributed by atoms with Gasteiger partial charge in [-0.1, -0.05) is 23.7 Å². The molecule has 0 aromatic heterocycles. The summed E-state index contributed by atoms with van der Waals surface area (Å²) in [5.74, 6) is 0.0275. The first-order valence-corrected chi connectivity index (χ1v) is 8.57. The number of nitrogens with one attached hydrogen (secondary N) is 1. The van der Waals surface area contributed by atoms with Crippen LogP contribution in [0, 0.1) is 5.82 Å². The van der Waals surface area contributed by atoms with Crippen LogP contribution in [-0.2, 0) is 4.79 Å². The van der Waals surface area contributed by atoms with Crippen LogP contribution in [0.3, 0.4) is 0 Å². The SMILES string of the molecule is COc1cccc([C@@H]2CCCN2CC(=O)Nc2ccc(Cl)cc2F)c1. The summed E-state index contributed by atoms with van der Waals surface area (Å²) in [4.78, 5) is 14.4. The number of hydrogen-bond donors (Lipinski definition) is 1. The molecule has 1 fully saturated rings. The molecule has 0 radical (unpaired) electrons. The van der Waals surface area contributed by atoms with Crippen LogP contribution in [0.2, 0.25) is 5.02 Å². The van der Waals surface area contributed by atoms with Crippen molar-refractivity contribution in [3.8, 4) is 5.75 Å². The van der Waals surface area contributed by atoms with Gasteiger partial charge >= 0.3 is 0 Å². The minimum atomic E-state index is -0.536. The van der Waals surface area contributed by atoms with Crippen molar-refractivity contribution < 1.29 is 13.9 Å². The number of methoxy groups -OCH3 is 1. The van der Waals surface area contributed by atoms with E-state index in [0.29, 0.717) is 5.02 Å². The van der Waals surface area contributed by atoms with E-state index in [1.807, 2.05) is 24.3 Å². The first-order valence-electron chi connectivity index (χ1n) is 8.19. The third kappa shape index (κ3) is 4.30. The molecule has 0 aliphatic carbocycles. The van der Waals surface area contributed by atoms with Gasteiger partial charge in [-0.3, -0.25) is 9.69 Å². The number of rotatable bonds is 5. The lowest BCUT2D eigenvalue weighted by Crippen LogP contribution is -2.33. The van der Waals surface area contributed by atoms with E-state index in [1.165, 1.54) is 12.1 Å². The van der Waals surface area contributed by atoms with Crippen molar-refractivity contribution in [2.45, 2.75) is 18.9 Å². The maximum absolute atomic E-state index is 13.8. The largest absolute Gasteiger partial charge is 0.497 e. The summed E-state index contributed by atoms with van der Waals surface area (Å²) in [5.41, 5.74) is 1.27. The van der Waals surface area contributed by atoms with E-state index in [1.54, 1.807) is 13.2 Å². The predicted octanol–water partition coefficient (Wildman–Crippen LogP) is 4.26. The average molecular weight is 363 g/mol. The van der Waals surface area contributed by atoms with Gasteiger partial charge in [0.25, 0.3) is 0 Å². The molecule has 25 heavy (non-hydrogen) atoms. The molecular weight excluding hydrogens is 343 g/mol. The Bertz CT molecular complexity index is 769. The van der Waals surface area contributed by atoms with E-state index >= 15 is 0 Å². The van der Waals surface area contributed by atoms with Crippen LogP contribution in [0.4, 0.5) is 10.1 Å². The zero-order chi connectivity index (χ0) is 17.8. The van der Waals surface area contributed by atoms with Gasteiger partial charge in [-0.05, 0) is 55.3 Å². The van der Waals surface area contributed by atoms with Gasteiger partial charge in [0.1, 0.15) is 11.6 Å². The molecule has 2 aromatic rings. The number of halogens is 2. The molecule has 0 spiro atoms. The molecule has 1 aliphatic heterocycles. The van der Waals surface area contributed by atoms with Gasteiger partial charge in [-0.15, -0.1) is 0 Å². The Morgan fingerprint density at radius 1 is 1.36 bits per heavy atom. The van der Waals surface area contributed by atoms with E-state index in [9.17, 15) is 9.18 Å². The standard InChI is InChI=1S/C19H20ClFN2O2/c1-25-15-5-2-4-13(10-15)18-6-3-9-23(18)12-19(24)22-17-8-7-14(20)11-16(17)21/h2,4-5,7-8,10-11,18H,3,6,9,12H2,1H3,(H,22,24)/t18-/m0/s1. The molecule has 3 rings (SSSR count). The van der Waals surface area contributed by atoms with Crippen molar-refractivity contribution in [3.63, 3.8) is 0 Å². The zero-order valence-electron chi connectivity index (χ0n) is 14.0. The second-order valence-corrected chi connectivity index (χ2v) is 6.51. The molecule has 0 unspecified atom stereocenters. The van der Waals surface area contributed by atoms with Crippen molar-refractivity contribution in [2.75, 3.05) is 25.5 Å². The van der Waals surface area contributed by atoms with Crippen LogP contribution in [-0.4, -0.2) is 31.0 Å². The molecule has 4 nitrogen and oxygen atoms in total. The fraction of sp³-hybridized carbons (Fsp3) is 0.316. The molecule has 1 N–H and O–H groups in total. The van der Waals surface area contributed by atoms with Crippen LogP contribution in [0.15, 0.2) is 42.5 Å². The number of anilines is 1. The number of likely N-dealkylation sites (tertiary alicyclic amines) is 1. The lowest BCUT2D eigenvalue weighted by atomic mass is 10.0.